The summed E-state index contributed by atoms with van der Waals surface area (Å²) in [5.41, 5.74) is -3.51. The summed E-state index contributed by atoms with van der Waals surface area (Å²) >= 11 is 0. The summed E-state index contributed by atoms with van der Waals surface area (Å²) < 4.78 is 33.7. The van der Waals surface area contributed by atoms with Crippen molar-refractivity contribution in [2.75, 3.05) is 52.4 Å². The van der Waals surface area contributed by atoms with E-state index in [2.05, 4.69) is 0 Å². The Morgan fingerprint density at radius 1 is 0.474 bits per heavy atom. The zero-order chi connectivity index (χ0) is 44.0. The number of carbonyl (C=O) groups is 6. The summed E-state index contributed by atoms with van der Waals surface area (Å²) in [5.74, 6) is -4.03. The lowest BCUT2D eigenvalue weighted by Crippen LogP contribution is -2.55. The van der Waals surface area contributed by atoms with Gasteiger partial charge in [-0.05, 0) is 109 Å². The van der Waals surface area contributed by atoms with Crippen LogP contribution in [-0.4, -0.2) is 137 Å². The summed E-state index contributed by atoms with van der Waals surface area (Å²) in [7, 11) is 0. The van der Waals surface area contributed by atoms with Crippen LogP contribution in [0.1, 0.15) is 109 Å². The minimum Gasteiger partial charge on any atom is -0.460 e. The first-order valence-corrected chi connectivity index (χ1v) is 19.3. The monoisotopic (exact) mass is 807 g/mol. The molecule has 1 rings (SSSR count). The van der Waals surface area contributed by atoms with Crippen molar-refractivity contribution < 1.29 is 57.2 Å². The van der Waals surface area contributed by atoms with E-state index < -0.39 is 83.0 Å². The predicted octanol–water partition coefficient (Wildman–Crippen LogP) is 4.71. The van der Waals surface area contributed by atoms with Gasteiger partial charge in [0, 0.05) is 19.6 Å². The van der Waals surface area contributed by atoms with Crippen LogP contribution >= 0.6 is 0 Å². The maximum atomic E-state index is 14.2. The molecule has 0 saturated heterocycles. The van der Waals surface area contributed by atoms with Crippen LogP contribution in [0.5, 0.6) is 0 Å². The van der Waals surface area contributed by atoms with Gasteiger partial charge in [0.15, 0.2) is 0 Å². The van der Waals surface area contributed by atoms with Crippen molar-refractivity contribution in [2.24, 2.45) is 0 Å². The van der Waals surface area contributed by atoms with Crippen molar-refractivity contribution in [3.63, 3.8) is 0 Å². The summed E-state index contributed by atoms with van der Waals surface area (Å²) in [4.78, 5) is 84.6. The van der Waals surface area contributed by atoms with E-state index >= 15 is 0 Å². The normalized spacial score (nSPS) is 13.2. The maximum absolute atomic E-state index is 14.2. The van der Waals surface area contributed by atoms with E-state index in [4.69, 9.17) is 28.4 Å². The van der Waals surface area contributed by atoms with E-state index in [1.54, 1.807) is 133 Å². The maximum Gasteiger partial charge on any atom is 0.325 e. The molecule has 0 fully saturated rings. The van der Waals surface area contributed by atoms with Crippen LogP contribution in [-0.2, 0) is 63.8 Å². The fourth-order valence-corrected chi connectivity index (χ4v) is 5.16. The van der Waals surface area contributed by atoms with Crippen molar-refractivity contribution in [3.05, 3.63) is 35.9 Å². The molecule has 15 heteroatoms. The molecule has 0 aromatic heterocycles. The van der Waals surface area contributed by atoms with E-state index in [9.17, 15) is 28.8 Å². The molecule has 0 N–H and O–H groups in total. The quantitative estimate of drug-likeness (QED) is 0.139. The second kappa shape index (κ2) is 21.6. The molecule has 0 bridgehead atoms. The SMILES string of the molecule is CC(C)(C)OC(=O)CN(CCN(CC(=O)OC(C)(C)C)CC(C(=O)OCc1ccccc1)N(CC(=O)OC(C)(C)C)CC(=O)OC(C)(C)C)CC(=O)OC(C)(C)C. The number of benzene rings is 1. The molecule has 0 heterocycles. The molecule has 0 saturated carbocycles. The van der Waals surface area contributed by atoms with E-state index in [0.29, 0.717) is 5.56 Å². The van der Waals surface area contributed by atoms with Crippen LogP contribution in [0.3, 0.4) is 0 Å². The first-order valence-electron chi connectivity index (χ1n) is 19.3. The largest absolute Gasteiger partial charge is 0.460 e. The van der Waals surface area contributed by atoms with E-state index in [1.165, 1.54) is 9.80 Å². The zero-order valence-electron chi connectivity index (χ0n) is 37.1. The highest BCUT2D eigenvalue weighted by molar-refractivity contribution is 5.81. The smallest absolute Gasteiger partial charge is 0.325 e. The number of esters is 6. The molecule has 0 radical (unpaired) electrons. The molecule has 1 atom stereocenters. The minimum atomic E-state index is -1.33. The van der Waals surface area contributed by atoms with Gasteiger partial charge in [-0.1, -0.05) is 30.3 Å². The molecule has 0 aliphatic rings. The molecular weight excluding hydrogens is 738 g/mol. The fourth-order valence-electron chi connectivity index (χ4n) is 5.16. The highest BCUT2D eigenvalue weighted by Crippen LogP contribution is 2.16. The van der Waals surface area contributed by atoms with Crippen LogP contribution in [0, 0.1) is 0 Å². The van der Waals surface area contributed by atoms with Crippen molar-refractivity contribution in [1.82, 2.24) is 14.7 Å². The second-order valence-corrected chi connectivity index (χ2v) is 18.9. The summed E-state index contributed by atoms with van der Waals surface area (Å²) in [6.45, 7) is 23.3. The fraction of sp³-hybridized carbons (Fsp3) is 0.714. The Hall–Kier alpha value is -4.08. The average molecular weight is 808 g/mol. The van der Waals surface area contributed by atoms with Crippen LogP contribution in [0.25, 0.3) is 0 Å². The summed E-state index contributed by atoms with van der Waals surface area (Å²) in [5, 5.41) is 0. The predicted molar refractivity (Wildman–Crippen MR) is 214 cm³/mol. The van der Waals surface area contributed by atoms with Crippen LogP contribution in [0.15, 0.2) is 30.3 Å². The Morgan fingerprint density at radius 3 is 1.14 bits per heavy atom. The molecular formula is C42H69N3O12. The Morgan fingerprint density at radius 2 is 0.789 bits per heavy atom. The van der Waals surface area contributed by atoms with Crippen molar-refractivity contribution >= 4 is 35.8 Å². The lowest BCUT2D eigenvalue weighted by atomic mass is 10.1. The molecule has 15 nitrogen and oxygen atoms in total. The van der Waals surface area contributed by atoms with Gasteiger partial charge in [0.05, 0.1) is 32.7 Å². The Bertz CT molecular complexity index is 1420. The van der Waals surface area contributed by atoms with Gasteiger partial charge >= 0.3 is 35.8 Å². The lowest BCUT2D eigenvalue weighted by molar-refractivity contribution is -0.166. The van der Waals surface area contributed by atoms with Crippen molar-refractivity contribution in [2.45, 2.75) is 145 Å². The highest BCUT2D eigenvalue weighted by Gasteiger charge is 2.36. The van der Waals surface area contributed by atoms with Crippen LogP contribution in [0.4, 0.5) is 0 Å². The third-order valence-corrected chi connectivity index (χ3v) is 6.92. The van der Waals surface area contributed by atoms with Crippen molar-refractivity contribution in [1.29, 1.82) is 0 Å². The number of rotatable bonds is 19. The van der Waals surface area contributed by atoms with Gasteiger partial charge in [-0.25, -0.2) is 0 Å². The third kappa shape index (κ3) is 25.7. The van der Waals surface area contributed by atoms with Gasteiger partial charge < -0.3 is 28.4 Å². The lowest BCUT2D eigenvalue weighted by Gasteiger charge is -2.35. The van der Waals surface area contributed by atoms with Gasteiger partial charge in [0.2, 0.25) is 0 Å². The first kappa shape index (κ1) is 50.9. The van der Waals surface area contributed by atoms with E-state index in [0.717, 1.165) is 0 Å². The number of nitrogens with zero attached hydrogens (tertiary/aromatic N) is 3. The Kier molecular flexibility index (Phi) is 19.3. The minimum absolute atomic E-state index is 0.0000188. The molecule has 1 aromatic rings. The molecule has 1 aromatic carbocycles. The molecule has 57 heavy (non-hydrogen) atoms. The van der Waals surface area contributed by atoms with Crippen molar-refractivity contribution in [3.8, 4) is 0 Å². The number of hydrogen-bond donors (Lipinski definition) is 0. The number of hydrogen-bond acceptors (Lipinski definition) is 15. The molecule has 0 spiro atoms. The van der Waals surface area contributed by atoms with E-state index in [-0.39, 0.29) is 45.9 Å². The van der Waals surface area contributed by atoms with Gasteiger partial charge in [0.1, 0.15) is 40.7 Å². The standard InChI is InChI=1S/C42H69N3O12/c1-38(2,3)53-32(46)24-43(21-22-44(25-33(47)54-39(4,5)6)26-34(48)55-40(7,8)9)23-31(37(51)52-29-30-19-17-16-18-20-30)45(27-35(49)56-41(10,11)12)28-36(50)57-42(13,14)15/h16-20,31H,21-29H2,1-15H3. The molecule has 324 valence electrons. The molecule has 0 aliphatic heterocycles. The van der Waals surface area contributed by atoms with Crippen LogP contribution in [0.2, 0.25) is 0 Å². The zero-order valence-corrected chi connectivity index (χ0v) is 37.1. The third-order valence-electron chi connectivity index (χ3n) is 6.92. The van der Waals surface area contributed by atoms with E-state index in [1.807, 2.05) is 6.07 Å². The highest BCUT2D eigenvalue weighted by atomic mass is 16.6. The van der Waals surface area contributed by atoms with Gasteiger partial charge in [-0.2, -0.15) is 0 Å². The summed E-state index contributed by atoms with van der Waals surface area (Å²) in [6.07, 6.45) is 0. The second-order valence-electron chi connectivity index (χ2n) is 18.9. The first-order chi connectivity index (χ1) is 25.8. The Labute approximate surface area is 339 Å². The van der Waals surface area contributed by atoms with Crippen LogP contribution < -0.4 is 0 Å². The molecule has 0 amide bonds. The number of carbonyl (C=O) groups excluding carboxylic acids is 6. The molecule has 1 unspecified atom stereocenters. The topological polar surface area (TPSA) is 168 Å². The average Bonchev–Trinajstić information content (AvgIpc) is 2.96. The Balaban J connectivity index is 3.74. The summed E-state index contributed by atoms with van der Waals surface area (Å²) in [6, 6.07) is 7.63. The van der Waals surface area contributed by atoms with Gasteiger partial charge in [-0.15, -0.1) is 0 Å². The van der Waals surface area contributed by atoms with Gasteiger partial charge in [0.25, 0.3) is 0 Å². The van der Waals surface area contributed by atoms with Gasteiger partial charge in [-0.3, -0.25) is 43.5 Å². The molecule has 0 aliphatic carbocycles. The number of ether oxygens (including phenoxy) is 6.